The van der Waals surface area contributed by atoms with Crippen molar-refractivity contribution < 1.29 is 4.79 Å². The molecule has 3 nitrogen and oxygen atoms in total. The van der Waals surface area contributed by atoms with Crippen LogP contribution in [0.25, 0.3) is 0 Å². The molecule has 3 N–H and O–H groups in total. The first-order valence-electron chi connectivity index (χ1n) is 6.23. The van der Waals surface area contributed by atoms with Crippen LogP contribution in [-0.4, -0.2) is 10.9 Å². The number of rotatable bonds is 5. The number of benzene rings is 1. The van der Waals surface area contributed by atoms with E-state index in [-0.39, 0.29) is 10.9 Å². The summed E-state index contributed by atoms with van der Waals surface area (Å²) in [5.41, 5.74) is 8.57. The maximum atomic E-state index is 12.2. The fraction of sp³-hybridized carbons (Fsp3) is 0.429. The third-order valence-corrected chi connectivity index (χ3v) is 3.83. The number of carbonyl (C=O) groups is 1. The smallest absolute Gasteiger partial charge is 0.234 e. The summed E-state index contributed by atoms with van der Waals surface area (Å²) in [6.45, 7) is 5.98. The highest BCUT2D eigenvalue weighted by molar-refractivity contribution is 9.10. The van der Waals surface area contributed by atoms with Gasteiger partial charge in [-0.2, -0.15) is 0 Å². The van der Waals surface area contributed by atoms with Crippen LogP contribution in [0.15, 0.2) is 16.6 Å². The van der Waals surface area contributed by atoms with Crippen LogP contribution in [0.4, 0.5) is 5.69 Å². The zero-order valence-electron chi connectivity index (χ0n) is 11.4. The van der Waals surface area contributed by atoms with Gasteiger partial charge in [0.1, 0.15) is 0 Å². The molecule has 0 aliphatic heterocycles. The van der Waals surface area contributed by atoms with E-state index in [1.807, 2.05) is 32.9 Å². The highest BCUT2D eigenvalue weighted by Crippen LogP contribution is 2.28. The number of thiocarbonyl (C=S) groups is 1. The van der Waals surface area contributed by atoms with Crippen LogP contribution in [-0.2, 0) is 4.79 Å². The molecule has 0 aliphatic rings. The van der Waals surface area contributed by atoms with E-state index in [0.717, 1.165) is 27.7 Å². The van der Waals surface area contributed by atoms with Crippen LogP contribution in [0.3, 0.4) is 0 Å². The first-order valence-corrected chi connectivity index (χ1v) is 7.43. The van der Waals surface area contributed by atoms with E-state index in [9.17, 15) is 4.79 Å². The monoisotopic (exact) mass is 342 g/mol. The second-order valence-electron chi connectivity index (χ2n) is 4.67. The van der Waals surface area contributed by atoms with Gasteiger partial charge in [0.15, 0.2) is 0 Å². The number of hydrogen-bond donors (Lipinski definition) is 2. The van der Waals surface area contributed by atoms with Crippen molar-refractivity contribution in [2.75, 3.05) is 5.32 Å². The zero-order chi connectivity index (χ0) is 14.6. The standard InChI is InChI=1S/C14H19BrN2OS/c1-4-5-10(13(16)19)14(18)17-12-9(3)6-8(2)7-11(12)15/h6-7,10H,4-5H2,1-3H3,(H2,16,19)(H,17,18). The number of nitrogens with two attached hydrogens (primary N) is 1. The van der Waals surface area contributed by atoms with Gasteiger partial charge in [-0.15, -0.1) is 0 Å². The minimum Gasteiger partial charge on any atom is -0.393 e. The Kier molecular flexibility index (Phi) is 5.94. The predicted octanol–water partition coefficient (Wildman–Crippen LogP) is 3.71. The van der Waals surface area contributed by atoms with Gasteiger partial charge in [-0.25, -0.2) is 0 Å². The summed E-state index contributed by atoms with van der Waals surface area (Å²) < 4.78 is 0.872. The molecule has 0 bridgehead atoms. The lowest BCUT2D eigenvalue weighted by Gasteiger charge is -2.17. The van der Waals surface area contributed by atoms with Gasteiger partial charge in [0.05, 0.1) is 16.6 Å². The summed E-state index contributed by atoms with van der Waals surface area (Å²) >= 11 is 8.44. The molecular formula is C14H19BrN2OS. The maximum absolute atomic E-state index is 12.2. The Bertz CT molecular complexity index is 479. The molecule has 1 aromatic rings. The van der Waals surface area contributed by atoms with Crippen LogP contribution < -0.4 is 11.1 Å². The predicted molar refractivity (Wildman–Crippen MR) is 87.4 cm³/mol. The molecule has 1 unspecified atom stereocenters. The molecule has 1 aromatic carbocycles. The second-order valence-corrected chi connectivity index (χ2v) is 6.00. The summed E-state index contributed by atoms with van der Waals surface area (Å²) in [4.78, 5) is 12.5. The summed E-state index contributed by atoms with van der Waals surface area (Å²) in [5.74, 6) is -0.547. The van der Waals surface area contributed by atoms with Crippen molar-refractivity contribution in [2.24, 2.45) is 11.7 Å². The van der Waals surface area contributed by atoms with Crippen LogP contribution in [0.5, 0.6) is 0 Å². The lowest BCUT2D eigenvalue weighted by molar-refractivity contribution is -0.118. The van der Waals surface area contributed by atoms with Crippen molar-refractivity contribution in [3.05, 3.63) is 27.7 Å². The Hall–Kier alpha value is -0.940. The molecule has 104 valence electrons. The van der Waals surface area contributed by atoms with Crippen LogP contribution in [0.2, 0.25) is 0 Å². The number of amides is 1. The summed E-state index contributed by atoms with van der Waals surface area (Å²) in [6.07, 6.45) is 1.53. The number of aryl methyl sites for hydroxylation is 2. The largest absolute Gasteiger partial charge is 0.393 e. The number of hydrogen-bond acceptors (Lipinski definition) is 2. The molecule has 0 spiro atoms. The van der Waals surface area contributed by atoms with Crippen LogP contribution >= 0.6 is 28.1 Å². The Labute approximate surface area is 128 Å². The van der Waals surface area contributed by atoms with Gasteiger partial charge >= 0.3 is 0 Å². The second kappa shape index (κ2) is 7.01. The van der Waals surface area contributed by atoms with Crippen molar-refractivity contribution in [3.8, 4) is 0 Å². The molecule has 0 radical (unpaired) electrons. The van der Waals surface area contributed by atoms with Crippen LogP contribution in [0.1, 0.15) is 30.9 Å². The fourth-order valence-electron chi connectivity index (χ4n) is 1.98. The third-order valence-electron chi connectivity index (χ3n) is 2.92. The molecule has 1 rings (SSSR count). The van der Waals surface area contributed by atoms with Crippen molar-refractivity contribution in [1.29, 1.82) is 0 Å². The Morgan fingerprint density at radius 2 is 2.11 bits per heavy atom. The molecule has 0 fully saturated rings. The zero-order valence-corrected chi connectivity index (χ0v) is 13.8. The molecule has 19 heavy (non-hydrogen) atoms. The van der Waals surface area contributed by atoms with E-state index in [0.29, 0.717) is 6.42 Å². The quantitative estimate of drug-likeness (QED) is 0.802. The minimum atomic E-state index is -0.410. The number of carbonyl (C=O) groups excluding carboxylic acids is 1. The number of halogens is 1. The molecule has 0 aromatic heterocycles. The molecule has 1 amide bonds. The van der Waals surface area contributed by atoms with Gasteiger partial charge in [0.25, 0.3) is 0 Å². The van der Waals surface area contributed by atoms with Crippen molar-refractivity contribution in [2.45, 2.75) is 33.6 Å². The molecule has 0 saturated carbocycles. The van der Waals surface area contributed by atoms with Gasteiger partial charge in [-0.3, -0.25) is 4.79 Å². The van der Waals surface area contributed by atoms with E-state index in [1.165, 1.54) is 0 Å². The van der Waals surface area contributed by atoms with Gasteiger partial charge in [-0.05, 0) is 53.4 Å². The Balaban J connectivity index is 2.96. The number of nitrogens with one attached hydrogen (secondary N) is 1. The normalized spacial score (nSPS) is 12.0. The van der Waals surface area contributed by atoms with Gasteiger partial charge in [0.2, 0.25) is 5.91 Å². The molecular weight excluding hydrogens is 324 g/mol. The van der Waals surface area contributed by atoms with E-state index < -0.39 is 5.92 Å². The van der Waals surface area contributed by atoms with Crippen molar-refractivity contribution in [3.63, 3.8) is 0 Å². The highest BCUT2D eigenvalue weighted by atomic mass is 79.9. The topological polar surface area (TPSA) is 55.1 Å². The Morgan fingerprint density at radius 3 is 2.58 bits per heavy atom. The highest BCUT2D eigenvalue weighted by Gasteiger charge is 2.21. The van der Waals surface area contributed by atoms with Gasteiger partial charge < -0.3 is 11.1 Å². The molecule has 1 atom stereocenters. The lowest BCUT2D eigenvalue weighted by atomic mass is 10.0. The van der Waals surface area contributed by atoms with Gasteiger partial charge in [0, 0.05) is 4.47 Å². The maximum Gasteiger partial charge on any atom is 0.234 e. The minimum absolute atomic E-state index is 0.137. The van der Waals surface area contributed by atoms with Crippen molar-refractivity contribution >= 4 is 44.7 Å². The molecule has 0 saturated heterocycles. The van der Waals surface area contributed by atoms with E-state index >= 15 is 0 Å². The Morgan fingerprint density at radius 1 is 1.47 bits per heavy atom. The van der Waals surface area contributed by atoms with Gasteiger partial charge in [-0.1, -0.05) is 31.6 Å². The van der Waals surface area contributed by atoms with Crippen molar-refractivity contribution in [1.82, 2.24) is 0 Å². The molecule has 0 heterocycles. The third kappa shape index (κ3) is 4.28. The average Bonchev–Trinajstić information content (AvgIpc) is 2.29. The SMILES string of the molecule is CCCC(C(=O)Nc1c(C)cc(C)cc1Br)C(N)=S. The van der Waals surface area contributed by atoms with E-state index in [4.69, 9.17) is 18.0 Å². The molecule has 0 aliphatic carbocycles. The van der Waals surface area contributed by atoms with E-state index in [1.54, 1.807) is 0 Å². The lowest BCUT2D eigenvalue weighted by Crippen LogP contribution is -2.33. The molecule has 5 heteroatoms. The van der Waals surface area contributed by atoms with E-state index in [2.05, 4.69) is 21.2 Å². The number of anilines is 1. The summed E-state index contributed by atoms with van der Waals surface area (Å²) in [5, 5.41) is 2.92. The first-order chi connectivity index (χ1) is 8.86. The average molecular weight is 343 g/mol. The van der Waals surface area contributed by atoms with Crippen LogP contribution in [0, 0.1) is 19.8 Å². The summed E-state index contributed by atoms with van der Waals surface area (Å²) in [7, 11) is 0. The first kappa shape index (κ1) is 16.1. The fourth-order valence-corrected chi connectivity index (χ4v) is 2.97. The summed E-state index contributed by atoms with van der Waals surface area (Å²) in [6, 6.07) is 3.99.